The maximum absolute atomic E-state index is 9.94. The highest BCUT2D eigenvalue weighted by Crippen LogP contribution is 2.19. The molecule has 49 valence electrons. The Kier molecular flexibility index (Phi) is 3.49. The van der Waals surface area contributed by atoms with Gasteiger partial charge in [0.2, 0.25) is 0 Å². The van der Waals surface area contributed by atoms with Gasteiger partial charge in [-0.15, -0.1) is 11.8 Å². The third-order valence-electron chi connectivity index (χ3n) is 0.618. The molecule has 0 unspecified atom stereocenters. The maximum atomic E-state index is 9.94. The average molecular weight is 133 g/mol. The van der Waals surface area contributed by atoms with Crippen molar-refractivity contribution in [2.45, 2.75) is 20.8 Å². The van der Waals surface area contributed by atoms with Gasteiger partial charge in [0.25, 0.3) is 0 Å². The van der Waals surface area contributed by atoms with E-state index in [1.165, 1.54) is 11.8 Å². The van der Waals surface area contributed by atoms with Gasteiger partial charge in [0.1, 0.15) is 5.94 Å². The zero-order chi connectivity index (χ0) is 6.62. The molecule has 0 saturated carbocycles. The highest BCUT2D eigenvalue weighted by Gasteiger charge is 2.08. The van der Waals surface area contributed by atoms with Crippen LogP contribution in [0.15, 0.2) is 0 Å². The van der Waals surface area contributed by atoms with Crippen LogP contribution in [0.4, 0.5) is 0 Å². The highest BCUT2D eigenvalue weighted by molar-refractivity contribution is 7.99. The predicted molar refractivity (Wildman–Crippen MR) is 37.5 cm³/mol. The second-order valence-corrected chi connectivity index (χ2v) is 3.96. The summed E-state index contributed by atoms with van der Waals surface area (Å²) in [4.78, 5) is 0. The standard InChI is InChI=1S/C6H13OS/c1-6(2,3)4-8-5-7/h4-5H2,1-3H3. The van der Waals surface area contributed by atoms with E-state index >= 15 is 0 Å². The minimum atomic E-state index is -0.00271. The summed E-state index contributed by atoms with van der Waals surface area (Å²) in [7, 11) is 0. The summed E-state index contributed by atoms with van der Waals surface area (Å²) in [5.74, 6) is 0.966. The number of hydrogen-bond donors (Lipinski definition) is 0. The highest BCUT2D eigenvalue weighted by atomic mass is 32.2. The largest absolute Gasteiger partial charge is 0.225 e. The van der Waals surface area contributed by atoms with Crippen LogP contribution in [0.1, 0.15) is 20.8 Å². The first-order chi connectivity index (χ1) is 3.56. The molecule has 0 heterocycles. The van der Waals surface area contributed by atoms with Crippen LogP contribution in [-0.4, -0.2) is 11.7 Å². The van der Waals surface area contributed by atoms with E-state index < -0.39 is 0 Å². The minimum Gasteiger partial charge on any atom is -0.225 e. The lowest BCUT2D eigenvalue weighted by Gasteiger charge is -2.15. The van der Waals surface area contributed by atoms with Crippen LogP contribution in [0.25, 0.3) is 0 Å². The lowest BCUT2D eigenvalue weighted by Crippen LogP contribution is -2.08. The van der Waals surface area contributed by atoms with Gasteiger partial charge >= 0.3 is 0 Å². The normalized spacial score (nSPS) is 12.0. The molecule has 0 amide bonds. The molecule has 0 fully saturated rings. The van der Waals surface area contributed by atoms with Crippen molar-refractivity contribution in [2.75, 3.05) is 11.7 Å². The van der Waals surface area contributed by atoms with Crippen molar-refractivity contribution in [1.82, 2.24) is 0 Å². The second kappa shape index (κ2) is 3.36. The van der Waals surface area contributed by atoms with Crippen LogP contribution in [0.2, 0.25) is 0 Å². The summed E-state index contributed by atoms with van der Waals surface area (Å²) < 4.78 is 0. The lowest BCUT2D eigenvalue weighted by atomic mass is 10.0. The van der Waals surface area contributed by atoms with Gasteiger partial charge in [0, 0.05) is 5.75 Å². The first-order valence-corrected chi connectivity index (χ1v) is 3.87. The monoisotopic (exact) mass is 133 g/mol. The Hall–Kier alpha value is 0.310. The summed E-state index contributed by atoms with van der Waals surface area (Å²) in [6.45, 7) is 6.40. The van der Waals surface area contributed by atoms with Crippen molar-refractivity contribution in [2.24, 2.45) is 5.41 Å². The van der Waals surface area contributed by atoms with E-state index in [0.717, 1.165) is 5.75 Å². The van der Waals surface area contributed by atoms with Crippen LogP contribution in [0.3, 0.4) is 0 Å². The fourth-order valence-corrected chi connectivity index (χ4v) is 1.04. The molecule has 0 bridgehead atoms. The van der Waals surface area contributed by atoms with Crippen molar-refractivity contribution >= 4 is 11.8 Å². The quantitative estimate of drug-likeness (QED) is 0.528. The molecule has 0 rings (SSSR count). The van der Waals surface area contributed by atoms with E-state index in [1.807, 2.05) is 0 Å². The summed E-state index contributed by atoms with van der Waals surface area (Å²) >= 11 is 1.46. The molecular weight excluding hydrogens is 120 g/mol. The fraction of sp³-hybridized carbons (Fsp3) is 1.00. The molecule has 0 aliphatic carbocycles. The molecule has 0 atom stereocenters. The molecule has 1 radical (unpaired) electrons. The minimum absolute atomic E-state index is 0.00271. The predicted octanol–water partition coefficient (Wildman–Crippen LogP) is 2.15. The van der Waals surface area contributed by atoms with E-state index in [4.69, 9.17) is 0 Å². The van der Waals surface area contributed by atoms with Crippen molar-refractivity contribution < 1.29 is 5.11 Å². The number of hydrogen-bond acceptors (Lipinski definition) is 1. The SMILES string of the molecule is CC(C)(C)CSC[O]. The molecule has 2 heteroatoms. The first kappa shape index (κ1) is 8.31. The van der Waals surface area contributed by atoms with Gasteiger partial charge < -0.3 is 0 Å². The molecule has 1 nitrogen and oxygen atoms in total. The van der Waals surface area contributed by atoms with Gasteiger partial charge in [-0.3, -0.25) is 0 Å². The number of thioether (sulfide) groups is 1. The molecule has 0 aromatic carbocycles. The molecule has 0 spiro atoms. The summed E-state index contributed by atoms with van der Waals surface area (Å²) in [6.07, 6.45) is 0. The van der Waals surface area contributed by atoms with E-state index in [0.29, 0.717) is 5.41 Å². The molecule has 0 aliphatic heterocycles. The summed E-state index contributed by atoms with van der Waals surface area (Å²) in [5.41, 5.74) is 0.315. The smallest absolute Gasteiger partial charge is 0.128 e. The van der Waals surface area contributed by atoms with Crippen LogP contribution >= 0.6 is 11.8 Å². The summed E-state index contributed by atoms with van der Waals surface area (Å²) in [6, 6.07) is 0. The molecule has 0 aromatic rings. The Morgan fingerprint density at radius 3 is 2.00 bits per heavy atom. The van der Waals surface area contributed by atoms with Gasteiger partial charge in [-0.2, -0.15) is 0 Å². The zero-order valence-electron chi connectivity index (χ0n) is 5.73. The second-order valence-electron chi connectivity index (χ2n) is 3.03. The van der Waals surface area contributed by atoms with Crippen LogP contribution < -0.4 is 0 Å². The van der Waals surface area contributed by atoms with E-state index in [2.05, 4.69) is 20.8 Å². The van der Waals surface area contributed by atoms with E-state index in [9.17, 15) is 5.11 Å². The molecular formula is C6H13OS. The lowest BCUT2D eigenvalue weighted by molar-refractivity contribution is 0.259. The molecule has 0 N–H and O–H groups in total. The Morgan fingerprint density at radius 2 is 1.88 bits per heavy atom. The van der Waals surface area contributed by atoms with E-state index in [1.54, 1.807) is 0 Å². The Labute approximate surface area is 55.5 Å². The van der Waals surface area contributed by atoms with Gasteiger partial charge in [-0.25, -0.2) is 5.11 Å². The van der Waals surface area contributed by atoms with Crippen LogP contribution in [0.5, 0.6) is 0 Å². The van der Waals surface area contributed by atoms with Gasteiger partial charge in [-0.1, -0.05) is 20.8 Å². The van der Waals surface area contributed by atoms with Crippen molar-refractivity contribution in [1.29, 1.82) is 0 Å². The Bertz CT molecular complexity index is 56.0. The third kappa shape index (κ3) is 6.31. The number of rotatable bonds is 2. The van der Waals surface area contributed by atoms with Gasteiger partial charge in [-0.05, 0) is 5.41 Å². The Balaban J connectivity index is 3.11. The average Bonchev–Trinajstić information content (AvgIpc) is 1.59. The Morgan fingerprint density at radius 1 is 1.38 bits per heavy atom. The van der Waals surface area contributed by atoms with Gasteiger partial charge in [0.15, 0.2) is 0 Å². The zero-order valence-corrected chi connectivity index (χ0v) is 6.55. The summed E-state index contributed by atoms with van der Waals surface area (Å²) in [5, 5.41) is 9.94. The van der Waals surface area contributed by atoms with E-state index in [-0.39, 0.29) is 5.94 Å². The van der Waals surface area contributed by atoms with Gasteiger partial charge in [0.05, 0.1) is 0 Å². The first-order valence-electron chi connectivity index (χ1n) is 2.72. The topological polar surface area (TPSA) is 19.9 Å². The molecule has 0 saturated heterocycles. The maximum Gasteiger partial charge on any atom is 0.128 e. The van der Waals surface area contributed by atoms with Crippen LogP contribution in [-0.2, 0) is 5.11 Å². The molecule has 0 aromatic heterocycles. The fourth-order valence-electron chi connectivity index (χ4n) is 0.348. The van der Waals surface area contributed by atoms with Crippen molar-refractivity contribution in [3.8, 4) is 0 Å². The van der Waals surface area contributed by atoms with Crippen molar-refractivity contribution in [3.05, 3.63) is 0 Å². The van der Waals surface area contributed by atoms with Crippen LogP contribution in [0, 0.1) is 5.41 Å². The molecule has 8 heavy (non-hydrogen) atoms. The van der Waals surface area contributed by atoms with Crippen molar-refractivity contribution in [3.63, 3.8) is 0 Å². The third-order valence-corrected chi connectivity index (χ3v) is 1.86. The molecule has 0 aliphatic rings.